The van der Waals surface area contributed by atoms with E-state index in [1.807, 2.05) is 18.7 Å². The number of halogens is 3. The molecule has 5 heteroatoms. The Labute approximate surface area is 93.2 Å². The minimum absolute atomic E-state index is 0.274. The summed E-state index contributed by atoms with van der Waals surface area (Å²) in [5.74, 6) is 0. The minimum Gasteiger partial charge on any atom is -0.308 e. The molecule has 1 saturated carbocycles. The molecule has 15 heavy (non-hydrogen) atoms. The highest BCUT2D eigenvalue weighted by Gasteiger charge is 2.26. The number of rotatable bonds is 5. The van der Waals surface area contributed by atoms with Gasteiger partial charge in [-0.2, -0.15) is 24.9 Å². The maximum atomic E-state index is 11.8. The topological polar surface area (TPSA) is 12.0 Å². The van der Waals surface area contributed by atoms with Crippen LogP contribution in [-0.4, -0.2) is 29.8 Å². The SMILES string of the molecule is CC(CNCC(F)(F)F)SC1CCCC1. The molecular weight excluding hydrogens is 223 g/mol. The Bertz CT molecular complexity index is 178. The van der Waals surface area contributed by atoms with Gasteiger partial charge in [0.15, 0.2) is 0 Å². The number of thioether (sulfide) groups is 1. The molecule has 0 aromatic rings. The molecule has 0 saturated heterocycles. The third-order valence-corrected chi connectivity index (χ3v) is 3.97. The van der Waals surface area contributed by atoms with E-state index < -0.39 is 12.7 Å². The molecule has 0 bridgehead atoms. The van der Waals surface area contributed by atoms with Gasteiger partial charge in [0.05, 0.1) is 6.54 Å². The molecule has 0 aromatic heterocycles. The van der Waals surface area contributed by atoms with E-state index in [-0.39, 0.29) is 5.25 Å². The van der Waals surface area contributed by atoms with Crippen LogP contribution in [-0.2, 0) is 0 Å². The summed E-state index contributed by atoms with van der Waals surface area (Å²) in [6.45, 7) is 1.57. The van der Waals surface area contributed by atoms with Crippen molar-refractivity contribution in [1.29, 1.82) is 0 Å². The third kappa shape index (κ3) is 6.30. The molecular formula is C10H18F3NS. The number of nitrogens with one attached hydrogen (secondary N) is 1. The molecule has 1 unspecified atom stereocenters. The van der Waals surface area contributed by atoms with Gasteiger partial charge in [0.1, 0.15) is 0 Å². The molecule has 0 aliphatic heterocycles. The van der Waals surface area contributed by atoms with Crippen LogP contribution in [0.4, 0.5) is 13.2 Å². The van der Waals surface area contributed by atoms with Crippen molar-refractivity contribution in [3.63, 3.8) is 0 Å². The third-order valence-electron chi connectivity index (χ3n) is 2.48. The molecule has 1 nitrogen and oxygen atoms in total. The van der Waals surface area contributed by atoms with Crippen molar-refractivity contribution in [1.82, 2.24) is 5.32 Å². The lowest BCUT2D eigenvalue weighted by Gasteiger charge is -2.17. The first-order valence-corrected chi connectivity index (χ1v) is 6.34. The van der Waals surface area contributed by atoms with Crippen molar-refractivity contribution in [2.24, 2.45) is 0 Å². The van der Waals surface area contributed by atoms with Crippen molar-refractivity contribution in [3.05, 3.63) is 0 Å². The first-order valence-electron chi connectivity index (χ1n) is 5.40. The average Bonchev–Trinajstić information content (AvgIpc) is 2.54. The van der Waals surface area contributed by atoms with Crippen LogP contribution in [0.3, 0.4) is 0 Å². The summed E-state index contributed by atoms with van der Waals surface area (Å²) in [5, 5.41) is 3.40. The fourth-order valence-electron chi connectivity index (χ4n) is 1.82. The van der Waals surface area contributed by atoms with Gasteiger partial charge in [0.25, 0.3) is 0 Å². The zero-order valence-corrected chi connectivity index (χ0v) is 9.76. The molecule has 1 fully saturated rings. The van der Waals surface area contributed by atoms with Gasteiger partial charge in [-0.05, 0) is 12.8 Å². The Morgan fingerprint density at radius 2 is 1.93 bits per heavy atom. The number of alkyl halides is 3. The van der Waals surface area contributed by atoms with Crippen molar-refractivity contribution in [2.45, 2.75) is 49.3 Å². The highest BCUT2D eigenvalue weighted by Crippen LogP contribution is 2.31. The normalized spacial score (nSPS) is 20.8. The second kappa shape index (κ2) is 5.99. The standard InChI is InChI=1S/C10H18F3NS/c1-8(6-14-7-10(11,12)13)15-9-4-2-3-5-9/h8-9,14H,2-7H2,1H3. The molecule has 0 spiro atoms. The second-order valence-electron chi connectivity index (χ2n) is 4.10. The lowest BCUT2D eigenvalue weighted by molar-refractivity contribution is -0.124. The van der Waals surface area contributed by atoms with Gasteiger partial charge < -0.3 is 5.32 Å². The monoisotopic (exact) mass is 241 g/mol. The van der Waals surface area contributed by atoms with Crippen LogP contribution in [0.5, 0.6) is 0 Å². The van der Waals surface area contributed by atoms with Crippen LogP contribution < -0.4 is 5.32 Å². The van der Waals surface area contributed by atoms with Gasteiger partial charge in [-0.25, -0.2) is 0 Å². The number of hydrogen-bond donors (Lipinski definition) is 1. The van der Waals surface area contributed by atoms with Gasteiger partial charge in [-0.15, -0.1) is 0 Å². The van der Waals surface area contributed by atoms with E-state index >= 15 is 0 Å². The van der Waals surface area contributed by atoms with Crippen molar-refractivity contribution >= 4 is 11.8 Å². The Morgan fingerprint density at radius 1 is 1.33 bits per heavy atom. The molecule has 1 atom stereocenters. The summed E-state index contributed by atoms with van der Waals surface area (Å²) >= 11 is 1.83. The summed E-state index contributed by atoms with van der Waals surface area (Å²) in [6, 6.07) is 0. The van der Waals surface area contributed by atoms with Crippen LogP contribution in [0.2, 0.25) is 0 Å². The zero-order chi connectivity index (χ0) is 11.3. The highest BCUT2D eigenvalue weighted by atomic mass is 32.2. The Hall–Kier alpha value is 0.100. The maximum Gasteiger partial charge on any atom is 0.401 e. The smallest absolute Gasteiger partial charge is 0.308 e. The first-order chi connectivity index (χ1) is 6.97. The van der Waals surface area contributed by atoms with E-state index in [9.17, 15) is 13.2 Å². The number of hydrogen-bond acceptors (Lipinski definition) is 2. The molecule has 1 N–H and O–H groups in total. The van der Waals surface area contributed by atoms with Crippen LogP contribution in [0.25, 0.3) is 0 Å². The fourth-order valence-corrected chi connectivity index (χ4v) is 3.29. The maximum absolute atomic E-state index is 11.8. The zero-order valence-electron chi connectivity index (χ0n) is 8.94. The fraction of sp³-hybridized carbons (Fsp3) is 1.00. The molecule has 1 aliphatic carbocycles. The summed E-state index contributed by atoms with van der Waals surface area (Å²) in [4.78, 5) is 0. The molecule has 0 amide bonds. The van der Waals surface area contributed by atoms with Gasteiger partial charge >= 0.3 is 6.18 Å². The summed E-state index contributed by atoms with van der Waals surface area (Å²) in [7, 11) is 0. The molecule has 0 aromatic carbocycles. The van der Waals surface area contributed by atoms with E-state index in [0.29, 0.717) is 11.8 Å². The lowest BCUT2D eigenvalue weighted by atomic mass is 10.4. The summed E-state index contributed by atoms with van der Waals surface area (Å²) < 4.78 is 35.5. The lowest BCUT2D eigenvalue weighted by Crippen LogP contribution is -2.33. The van der Waals surface area contributed by atoms with Crippen molar-refractivity contribution in [3.8, 4) is 0 Å². The van der Waals surface area contributed by atoms with E-state index in [1.165, 1.54) is 25.7 Å². The van der Waals surface area contributed by atoms with Gasteiger partial charge in [-0.3, -0.25) is 0 Å². The predicted molar refractivity (Wildman–Crippen MR) is 58.2 cm³/mol. The summed E-state index contributed by atoms with van der Waals surface area (Å²) in [6.07, 6.45) is 0.932. The van der Waals surface area contributed by atoms with E-state index in [4.69, 9.17) is 0 Å². The summed E-state index contributed by atoms with van der Waals surface area (Å²) in [5.41, 5.74) is 0. The molecule has 90 valence electrons. The average molecular weight is 241 g/mol. The Kier molecular flexibility index (Phi) is 5.26. The molecule has 0 radical (unpaired) electrons. The molecule has 1 rings (SSSR count). The van der Waals surface area contributed by atoms with Crippen molar-refractivity contribution < 1.29 is 13.2 Å². The van der Waals surface area contributed by atoms with Gasteiger partial charge in [-0.1, -0.05) is 19.8 Å². The molecule has 0 heterocycles. The van der Waals surface area contributed by atoms with Crippen LogP contribution in [0, 0.1) is 0 Å². The van der Waals surface area contributed by atoms with Crippen molar-refractivity contribution in [2.75, 3.05) is 13.1 Å². The minimum atomic E-state index is -4.09. The Balaban J connectivity index is 2.05. The predicted octanol–water partition coefficient (Wildman–Crippen LogP) is 3.20. The first kappa shape index (κ1) is 13.2. The van der Waals surface area contributed by atoms with Crippen LogP contribution >= 0.6 is 11.8 Å². The van der Waals surface area contributed by atoms with Gasteiger partial charge in [0.2, 0.25) is 0 Å². The van der Waals surface area contributed by atoms with E-state index in [1.54, 1.807) is 0 Å². The quantitative estimate of drug-likeness (QED) is 0.793. The molecule has 1 aliphatic rings. The van der Waals surface area contributed by atoms with Crippen LogP contribution in [0.15, 0.2) is 0 Å². The van der Waals surface area contributed by atoms with E-state index in [2.05, 4.69) is 5.32 Å². The van der Waals surface area contributed by atoms with Crippen LogP contribution in [0.1, 0.15) is 32.6 Å². The van der Waals surface area contributed by atoms with Gasteiger partial charge in [0, 0.05) is 17.0 Å². The second-order valence-corrected chi connectivity index (χ2v) is 5.84. The highest BCUT2D eigenvalue weighted by molar-refractivity contribution is 8.00. The largest absolute Gasteiger partial charge is 0.401 e. The Morgan fingerprint density at radius 3 is 2.47 bits per heavy atom. The van der Waals surface area contributed by atoms with E-state index in [0.717, 1.165) is 0 Å².